The Morgan fingerprint density at radius 2 is 2.29 bits per heavy atom. The van der Waals surface area contributed by atoms with E-state index in [4.69, 9.17) is 5.84 Å². The minimum atomic E-state index is 0.156. The molecule has 0 bridgehead atoms. The highest BCUT2D eigenvalue weighted by Crippen LogP contribution is 2.42. The molecule has 0 aromatic carbocycles. The molecule has 108 valence electrons. The van der Waals surface area contributed by atoms with E-state index in [-0.39, 0.29) is 6.04 Å². The lowest BCUT2D eigenvalue weighted by molar-refractivity contribution is 0.404. The molecular formula is C16H17N3S2. The van der Waals surface area contributed by atoms with Crippen molar-refractivity contribution in [3.8, 4) is 0 Å². The highest BCUT2D eigenvalue weighted by Gasteiger charge is 2.30. The third-order valence-electron chi connectivity index (χ3n) is 4.29. The summed E-state index contributed by atoms with van der Waals surface area (Å²) in [6.45, 7) is 0. The van der Waals surface area contributed by atoms with Gasteiger partial charge in [-0.2, -0.15) is 0 Å². The lowest BCUT2D eigenvalue weighted by Crippen LogP contribution is -2.34. The zero-order chi connectivity index (χ0) is 14.2. The van der Waals surface area contributed by atoms with Crippen molar-refractivity contribution in [2.75, 3.05) is 0 Å². The van der Waals surface area contributed by atoms with E-state index >= 15 is 0 Å². The first-order chi connectivity index (χ1) is 10.4. The molecule has 2 atom stereocenters. The summed E-state index contributed by atoms with van der Waals surface area (Å²) in [6.07, 6.45) is 5.39. The minimum Gasteiger partial charge on any atom is -0.271 e. The number of nitrogens with two attached hydrogens (primary N) is 1. The van der Waals surface area contributed by atoms with Crippen molar-refractivity contribution in [2.24, 2.45) is 5.84 Å². The first-order valence-corrected chi connectivity index (χ1v) is 8.93. The molecule has 2 unspecified atom stereocenters. The van der Waals surface area contributed by atoms with Crippen molar-refractivity contribution in [3.05, 3.63) is 52.0 Å². The van der Waals surface area contributed by atoms with Gasteiger partial charge in [0.2, 0.25) is 0 Å². The van der Waals surface area contributed by atoms with Crippen molar-refractivity contribution in [3.63, 3.8) is 0 Å². The second-order valence-corrected chi connectivity index (χ2v) is 7.55. The fraction of sp³-hybridized carbons (Fsp3) is 0.312. The van der Waals surface area contributed by atoms with Gasteiger partial charge in [-0.15, -0.1) is 22.7 Å². The third-order valence-corrected chi connectivity index (χ3v) is 6.46. The van der Waals surface area contributed by atoms with Gasteiger partial charge in [0.25, 0.3) is 0 Å². The van der Waals surface area contributed by atoms with Gasteiger partial charge in [-0.1, -0.05) is 6.07 Å². The number of hydrogen-bond acceptors (Lipinski definition) is 5. The van der Waals surface area contributed by atoms with Gasteiger partial charge >= 0.3 is 0 Å². The van der Waals surface area contributed by atoms with Crippen LogP contribution in [-0.4, -0.2) is 4.98 Å². The Labute approximate surface area is 131 Å². The van der Waals surface area contributed by atoms with E-state index in [0.29, 0.717) is 5.92 Å². The highest BCUT2D eigenvalue weighted by molar-refractivity contribution is 7.26. The van der Waals surface area contributed by atoms with Crippen molar-refractivity contribution in [1.82, 2.24) is 10.4 Å². The van der Waals surface area contributed by atoms with Gasteiger partial charge in [-0.05, 0) is 48.4 Å². The molecule has 5 heteroatoms. The van der Waals surface area contributed by atoms with Crippen LogP contribution in [0, 0.1) is 0 Å². The van der Waals surface area contributed by atoms with E-state index in [0.717, 1.165) is 12.8 Å². The largest absolute Gasteiger partial charge is 0.271 e. The maximum atomic E-state index is 5.92. The summed E-state index contributed by atoms with van der Waals surface area (Å²) in [5, 5.41) is 2.15. The molecule has 0 aliphatic heterocycles. The first-order valence-electron chi connectivity index (χ1n) is 7.23. The SMILES string of the molecule is NNC(c1cc2sccc2s1)C1CCCc2cccnc21. The second-order valence-electron chi connectivity index (χ2n) is 5.49. The number of hydrogen-bond donors (Lipinski definition) is 2. The monoisotopic (exact) mass is 315 g/mol. The molecule has 1 aliphatic carbocycles. The molecule has 0 amide bonds. The quantitative estimate of drug-likeness (QED) is 0.568. The number of pyridine rings is 1. The number of nitrogens with zero attached hydrogens (tertiary/aromatic N) is 1. The molecule has 0 radical (unpaired) electrons. The number of thiophene rings is 2. The zero-order valence-corrected chi connectivity index (χ0v) is 13.2. The topological polar surface area (TPSA) is 50.9 Å². The maximum Gasteiger partial charge on any atom is 0.0637 e. The van der Waals surface area contributed by atoms with E-state index < -0.39 is 0 Å². The predicted octanol–water partition coefficient (Wildman–Crippen LogP) is 3.98. The Morgan fingerprint density at radius 1 is 1.33 bits per heavy atom. The Bertz CT molecular complexity index is 733. The molecule has 1 aliphatic rings. The van der Waals surface area contributed by atoms with E-state index in [1.807, 2.05) is 23.6 Å². The molecule has 21 heavy (non-hydrogen) atoms. The van der Waals surface area contributed by atoms with Crippen LogP contribution in [-0.2, 0) is 6.42 Å². The van der Waals surface area contributed by atoms with Gasteiger partial charge in [0.1, 0.15) is 0 Å². The summed E-state index contributed by atoms with van der Waals surface area (Å²) >= 11 is 3.64. The van der Waals surface area contributed by atoms with E-state index in [1.54, 1.807) is 11.3 Å². The van der Waals surface area contributed by atoms with Crippen molar-refractivity contribution in [1.29, 1.82) is 0 Å². The summed E-state index contributed by atoms with van der Waals surface area (Å²) in [6, 6.07) is 8.87. The molecule has 3 aromatic heterocycles. The average molecular weight is 315 g/mol. The Kier molecular flexibility index (Phi) is 3.51. The summed E-state index contributed by atoms with van der Waals surface area (Å²) in [4.78, 5) is 5.97. The Morgan fingerprint density at radius 3 is 3.14 bits per heavy atom. The van der Waals surface area contributed by atoms with Gasteiger partial charge in [0.05, 0.1) is 6.04 Å². The smallest absolute Gasteiger partial charge is 0.0637 e. The number of rotatable bonds is 3. The van der Waals surface area contributed by atoms with Crippen molar-refractivity contribution >= 4 is 32.1 Å². The lowest BCUT2D eigenvalue weighted by atomic mass is 9.81. The molecule has 4 rings (SSSR count). The summed E-state index contributed by atoms with van der Waals surface area (Å²) in [7, 11) is 0. The number of aromatic nitrogens is 1. The summed E-state index contributed by atoms with van der Waals surface area (Å²) < 4.78 is 2.71. The summed E-state index contributed by atoms with van der Waals surface area (Å²) in [5.41, 5.74) is 5.66. The van der Waals surface area contributed by atoms with E-state index in [1.165, 1.54) is 32.0 Å². The second kappa shape index (κ2) is 5.50. The number of fused-ring (bicyclic) bond motifs is 2. The molecule has 3 heterocycles. The van der Waals surface area contributed by atoms with Gasteiger partial charge in [0.15, 0.2) is 0 Å². The fourth-order valence-electron chi connectivity index (χ4n) is 3.30. The molecular weight excluding hydrogens is 298 g/mol. The number of hydrazine groups is 1. The molecule has 3 N–H and O–H groups in total. The van der Waals surface area contributed by atoms with Crippen LogP contribution in [0.3, 0.4) is 0 Å². The fourth-order valence-corrected chi connectivity index (χ4v) is 5.55. The van der Waals surface area contributed by atoms with Gasteiger partial charge in [0, 0.05) is 32.1 Å². The van der Waals surface area contributed by atoms with Crippen molar-refractivity contribution in [2.45, 2.75) is 31.2 Å². The normalized spacial score (nSPS) is 19.6. The van der Waals surface area contributed by atoms with Crippen molar-refractivity contribution < 1.29 is 0 Å². The molecule has 3 aromatic rings. The molecule has 0 saturated heterocycles. The standard InChI is InChI=1S/C16H17N3S2/c17-19-16(14-9-13-12(21-14)6-8-20-13)11-5-1-3-10-4-2-7-18-15(10)11/h2,4,6-9,11,16,19H,1,3,5,17H2. The molecule has 3 nitrogen and oxygen atoms in total. The zero-order valence-electron chi connectivity index (χ0n) is 11.6. The van der Waals surface area contributed by atoms with Crippen LogP contribution in [0.25, 0.3) is 9.40 Å². The minimum absolute atomic E-state index is 0.156. The third kappa shape index (κ3) is 2.30. The summed E-state index contributed by atoms with van der Waals surface area (Å²) in [5.74, 6) is 6.28. The molecule has 0 fully saturated rings. The average Bonchev–Trinajstić information content (AvgIpc) is 3.10. The maximum absolute atomic E-state index is 5.92. The lowest BCUT2D eigenvalue weighted by Gasteiger charge is -2.30. The number of aryl methyl sites for hydroxylation is 1. The van der Waals surface area contributed by atoms with Crippen LogP contribution in [0.2, 0.25) is 0 Å². The van der Waals surface area contributed by atoms with Crippen LogP contribution >= 0.6 is 22.7 Å². The highest BCUT2D eigenvalue weighted by atomic mass is 32.1. The molecule has 0 spiro atoms. The van der Waals surface area contributed by atoms with Crippen LogP contribution in [0.15, 0.2) is 35.8 Å². The van der Waals surface area contributed by atoms with Gasteiger partial charge in [-0.25, -0.2) is 0 Å². The van der Waals surface area contributed by atoms with Crippen LogP contribution in [0.4, 0.5) is 0 Å². The number of nitrogens with one attached hydrogen (secondary N) is 1. The van der Waals surface area contributed by atoms with Crippen LogP contribution in [0.1, 0.15) is 40.9 Å². The van der Waals surface area contributed by atoms with Crippen LogP contribution < -0.4 is 11.3 Å². The van der Waals surface area contributed by atoms with Gasteiger partial charge in [-0.3, -0.25) is 16.3 Å². The predicted molar refractivity (Wildman–Crippen MR) is 89.7 cm³/mol. The molecule has 0 saturated carbocycles. The Balaban J connectivity index is 1.75. The van der Waals surface area contributed by atoms with E-state index in [2.05, 4.69) is 34.0 Å². The van der Waals surface area contributed by atoms with Gasteiger partial charge < -0.3 is 0 Å². The Hall–Kier alpha value is -1.27. The first kappa shape index (κ1) is 13.4. The van der Waals surface area contributed by atoms with E-state index in [9.17, 15) is 0 Å². The van der Waals surface area contributed by atoms with Crippen LogP contribution in [0.5, 0.6) is 0 Å².